The predicted molar refractivity (Wildman–Crippen MR) is 91.1 cm³/mol. The van der Waals surface area contributed by atoms with Crippen LogP contribution < -0.4 is 0 Å². The highest BCUT2D eigenvalue weighted by atomic mass is 16.5. The van der Waals surface area contributed by atoms with E-state index in [0.717, 1.165) is 25.9 Å². The van der Waals surface area contributed by atoms with Gasteiger partial charge in [-0.3, -0.25) is 9.78 Å². The molecule has 0 saturated carbocycles. The monoisotopic (exact) mass is 344 g/mol. The van der Waals surface area contributed by atoms with Crippen molar-refractivity contribution < 1.29 is 14.3 Å². The van der Waals surface area contributed by atoms with Crippen LogP contribution in [0.2, 0.25) is 0 Å². The Labute approximate surface area is 147 Å². The van der Waals surface area contributed by atoms with Crippen molar-refractivity contribution in [1.29, 1.82) is 0 Å². The number of fused-ring (bicyclic) bond motifs is 4. The molecule has 0 N–H and O–H groups in total. The van der Waals surface area contributed by atoms with Crippen molar-refractivity contribution in [2.75, 3.05) is 45.9 Å². The summed E-state index contributed by atoms with van der Waals surface area (Å²) in [6.07, 6.45) is 5.35. The first-order chi connectivity index (χ1) is 12.2. The molecule has 0 aliphatic carbocycles. The molecule has 4 saturated heterocycles. The minimum absolute atomic E-state index is 0.0416. The van der Waals surface area contributed by atoms with E-state index in [-0.39, 0.29) is 18.0 Å². The molecule has 4 fully saturated rings. The van der Waals surface area contributed by atoms with Crippen molar-refractivity contribution in [3.05, 3.63) is 30.1 Å². The second-order valence-electron chi connectivity index (χ2n) is 7.08. The van der Waals surface area contributed by atoms with E-state index in [2.05, 4.69) is 4.98 Å². The van der Waals surface area contributed by atoms with Crippen LogP contribution in [0.1, 0.15) is 23.2 Å². The summed E-state index contributed by atoms with van der Waals surface area (Å²) in [6, 6.07) is 3.73. The molecule has 0 aromatic carbocycles. The Morgan fingerprint density at radius 2 is 1.76 bits per heavy atom. The molecule has 7 nitrogen and oxygen atoms in total. The number of urea groups is 1. The van der Waals surface area contributed by atoms with Gasteiger partial charge in [-0.1, -0.05) is 0 Å². The van der Waals surface area contributed by atoms with Gasteiger partial charge >= 0.3 is 6.03 Å². The van der Waals surface area contributed by atoms with Crippen molar-refractivity contribution in [1.82, 2.24) is 19.7 Å². The summed E-state index contributed by atoms with van der Waals surface area (Å²) in [4.78, 5) is 35.5. The molecule has 3 amide bonds. The maximum Gasteiger partial charge on any atom is 0.320 e. The topological polar surface area (TPSA) is 66.0 Å². The van der Waals surface area contributed by atoms with Crippen molar-refractivity contribution in [3.8, 4) is 0 Å². The second-order valence-corrected chi connectivity index (χ2v) is 7.08. The Bertz CT molecular complexity index is 632. The van der Waals surface area contributed by atoms with E-state index in [1.807, 2.05) is 14.7 Å². The standard InChI is InChI=1S/C18H24N4O3/c23-17(15-3-5-19-6-4-15)21-11-14-1-2-16(13-21)22(12-14)18(24)20-7-9-25-10-8-20/h3-6,14,16H,1-2,7-13H2/t14-,16+/m0/s1. The maximum atomic E-state index is 12.9. The number of pyridine rings is 1. The summed E-state index contributed by atoms with van der Waals surface area (Å²) in [6.45, 7) is 4.64. The Morgan fingerprint density at radius 3 is 2.52 bits per heavy atom. The summed E-state index contributed by atoms with van der Waals surface area (Å²) in [5.74, 6) is 0.398. The molecular weight excluding hydrogens is 320 g/mol. The zero-order valence-corrected chi connectivity index (χ0v) is 14.3. The summed E-state index contributed by atoms with van der Waals surface area (Å²) in [5.41, 5.74) is 0.669. The molecule has 5 rings (SSSR count). The summed E-state index contributed by atoms with van der Waals surface area (Å²) in [5, 5.41) is 0. The number of carbonyl (C=O) groups excluding carboxylic acids is 2. The van der Waals surface area contributed by atoms with Gasteiger partial charge in [0.1, 0.15) is 0 Å². The Kier molecular flexibility index (Phi) is 4.57. The lowest BCUT2D eigenvalue weighted by atomic mass is 9.95. The van der Waals surface area contributed by atoms with E-state index in [1.165, 1.54) is 0 Å². The van der Waals surface area contributed by atoms with Crippen LogP contribution in [0, 0.1) is 5.92 Å². The third-order valence-electron chi connectivity index (χ3n) is 5.46. The molecule has 134 valence electrons. The highest BCUT2D eigenvalue weighted by Crippen LogP contribution is 2.29. The number of piperidine rings is 1. The molecule has 1 aromatic heterocycles. The number of morpholine rings is 1. The Hall–Kier alpha value is -2.15. The van der Waals surface area contributed by atoms with Crippen LogP contribution in [-0.4, -0.2) is 83.6 Å². The van der Waals surface area contributed by atoms with Crippen molar-refractivity contribution in [2.24, 2.45) is 5.92 Å². The lowest BCUT2D eigenvalue weighted by Crippen LogP contribution is -2.55. The van der Waals surface area contributed by atoms with Crippen molar-refractivity contribution in [3.63, 3.8) is 0 Å². The van der Waals surface area contributed by atoms with Gasteiger partial charge < -0.3 is 19.4 Å². The van der Waals surface area contributed by atoms with E-state index in [4.69, 9.17) is 4.74 Å². The van der Waals surface area contributed by atoms with Gasteiger partial charge in [0.25, 0.3) is 5.91 Å². The third-order valence-corrected chi connectivity index (χ3v) is 5.46. The second kappa shape index (κ2) is 7.00. The zero-order chi connectivity index (χ0) is 17.2. The van der Waals surface area contributed by atoms with Crippen LogP contribution in [0.4, 0.5) is 4.79 Å². The van der Waals surface area contributed by atoms with Gasteiger partial charge in [0.2, 0.25) is 0 Å². The number of hydrogen-bond donors (Lipinski definition) is 0. The van der Waals surface area contributed by atoms with Crippen LogP contribution in [0.5, 0.6) is 0 Å². The summed E-state index contributed by atoms with van der Waals surface area (Å²) in [7, 11) is 0. The van der Waals surface area contributed by atoms with Crippen LogP contribution in [0.15, 0.2) is 24.5 Å². The molecule has 0 radical (unpaired) electrons. The molecule has 4 aliphatic rings. The van der Waals surface area contributed by atoms with Gasteiger partial charge in [-0.15, -0.1) is 0 Å². The first-order valence-corrected chi connectivity index (χ1v) is 9.05. The first-order valence-electron chi connectivity index (χ1n) is 9.05. The van der Waals surface area contributed by atoms with E-state index >= 15 is 0 Å². The van der Waals surface area contributed by atoms with Gasteiger partial charge in [0, 0.05) is 50.7 Å². The van der Waals surface area contributed by atoms with E-state index < -0.39 is 0 Å². The van der Waals surface area contributed by atoms with Gasteiger partial charge in [-0.25, -0.2) is 4.79 Å². The third kappa shape index (κ3) is 3.33. The number of aromatic nitrogens is 1. The molecule has 2 bridgehead atoms. The molecule has 5 heterocycles. The Morgan fingerprint density at radius 1 is 1.00 bits per heavy atom. The van der Waals surface area contributed by atoms with Gasteiger partial charge in [-0.05, 0) is 30.9 Å². The fraction of sp³-hybridized carbons (Fsp3) is 0.611. The molecule has 0 spiro atoms. The number of amides is 3. The number of nitrogens with zero attached hydrogens (tertiary/aromatic N) is 4. The van der Waals surface area contributed by atoms with E-state index in [0.29, 0.717) is 44.3 Å². The van der Waals surface area contributed by atoms with Gasteiger partial charge in [0.05, 0.1) is 19.3 Å². The lowest BCUT2D eigenvalue weighted by molar-refractivity contribution is 0.0340. The Balaban J connectivity index is 1.48. The fourth-order valence-corrected chi connectivity index (χ4v) is 4.10. The van der Waals surface area contributed by atoms with Crippen molar-refractivity contribution >= 4 is 11.9 Å². The molecular formula is C18H24N4O3. The average Bonchev–Trinajstić information content (AvgIpc) is 3.00. The average molecular weight is 344 g/mol. The molecule has 2 atom stereocenters. The normalized spacial score (nSPS) is 26.5. The number of rotatable bonds is 1. The lowest BCUT2D eigenvalue weighted by Gasteiger charge is -2.40. The van der Waals surface area contributed by atoms with E-state index in [1.54, 1.807) is 24.5 Å². The van der Waals surface area contributed by atoms with Crippen LogP contribution in [0.3, 0.4) is 0 Å². The quantitative estimate of drug-likeness (QED) is 0.764. The van der Waals surface area contributed by atoms with Crippen LogP contribution in [-0.2, 0) is 4.74 Å². The number of ether oxygens (including phenoxy) is 1. The SMILES string of the molecule is O=C(c1ccncc1)N1C[C@@H]2CC[C@H](C1)N(C(=O)N1CCOCC1)C2. The summed E-state index contributed by atoms with van der Waals surface area (Å²) < 4.78 is 5.35. The largest absolute Gasteiger partial charge is 0.378 e. The molecule has 4 aliphatic heterocycles. The molecule has 1 aromatic rings. The van der Waals surface area contributed by atoms with E-state index in [9.17, 15) is 9.59 Å². The minimum Gasteiger partial charge on any atom is -0.378 e. The van der Waals surface area contributed by atoms with Crippen molar-refractivity contribution in [2.45, 2.75) is 18.9 Å². The highest BCUT2D eigenvalue weighted by Gasteiger charge is 2.40. The van der Waals surface area contributed by atoms with Gasteiger partial charge in [0.15, 0.2) is 0 Å². The summed E-state index contributed by atoms with van der Waals surface area (Å²) >= 11 is 0. The highest BCUT2D eigenvalue weighted by molar-refractivity contribution is 5.94. The van der Waals surface area contributed by atoms with Gasteiger partial charge in [-0.2, -0.15) is 0 Å². The molecule has 25 heavy (non-hydrogen) atoms. The van der Waals surface area contributed by atoms with Crippen LogP contribution >= 0.6 is 0 Å². The zero-order valence-electron chi connectivity index (χ0n) is 14.3. The molecule has 7 heteroatoms. The fourth-order valence-electron chi connectivity index (χ4n) is 4.10. The molecule has 0 unspecified atom stereocenters. The number of carbonyl (C=O) groups is 2. The predicted octanol–water partition coefficient (Wildman–Crippen LogP) is 1.07. The maximum absolute atomic E-state index is 12.9. The first kappa shape index (κ1) is 16.3. The number of hydrogen-bond acceptors (Lipinski definition) is 4. The smallest absolute Gasteiger partial charge is 0.320 e. The van der Waals surface area contributed by atoms with Crippen LogP contribution in [0.25, 0.3) is 0 Å². The minimum atomic E-state index is 0.0416.